The van der Waals surface area contributed by atoms with Crippen LogP contribution in [0, 0.1) is 0 Å². The molecule has 1 heterocycles. The minimum atomic E-state index is -0.309. The molecule has 0 unspecified atom stereocenters. The number of hydrogen-bond donors (Lipinski definition) is 1. The van der Waals surface area contributed by atoms with Gasteiger partial charge in [-0.2, -0.15) is 0 Å². The van der Waals surface area contributed by atoms with Crippen molar-refractivity contribution >= 4 is 11.7 Å². The molecule has 1 aliphatic heterocycles. The highest BCUT2D eigenvalue weighted by Gasteiger charge is 2.18. The molecular weight excluding hydrogens is 448 g/mol. The van der Waals surface area contributed by atoms with Gasteiger partial charge in [0.25, 0.3) is 0 Å². The van der Waals surface area contributed by atoms with E-state index in [0.717, 1.165) is 24.2 Å². The van der Waals surface area contributed by atoms with Crippen molar-refractivity contribution in [1.82, 2.24) is 4.90 Å². The second-order valence-corrected chi connectivity index (χ2v) is 8.46. The van der Waals surface area contributed by atoms with E-state index in [-0.39, 0.29) is 12.3 Å². The third-order valence-corrected chi connectivity index (χ3v) is 5.84. The van der Waals surface area contributed by atoms with Crippen molar-refractivity contribution in [2.45, 2.75) is 51.9 Å². The molecule has 0 aromatic heterocycles. The first kappa shape index (κ1) is 26.6. The number of amides is 2. The fourth-order valence-corrected chi connectivity index (χ4v) is 3.83. The molecule has 1 aliphatic rings. The summed E-state index contributed by atoms with van der Waals surface area (Å²) >= 11 is 0. The van der Waals surface area contributed by atoms with Gasteiger partial charge in [-0.05, 0) is 36.2 Å². The van der Waals surface area contributed by atoms with Crippen molar-refractivity contribution in [3.8, 4) is 17.2 Å². The Morgan fingerprint density at radius 3 is 2.37 bits per heavy atom. The normalized spacial score (nSPS) is 13.5. The number of ether oxygens (including phenoxy) is 5. The van der Waals surface area contributed by atoms with Crippen molar-refractivity contribution in [2.24, 2.45) is 0 Å². The molecule has 0 aliphatic carbocycles. The molecule has 2 amide bonds. The van der Waals surface area contributed by atoms with Gasteiger partial charge in [-0.25, -0.2) is 4.79 Å². The summed E-state index contributed by atoms with van der Waals surface area (Å²) in [4.78, 5) is 15.1. The molecular formula is C27H38N2O6. The highest BCUT2D eigenvalue weighted by Crippen LogP contribution is 2.29. The highest BCUT2D eigenvalue weighted by molar-refractivity contribution is 5.91. The number of carbonyl (C=O) groups excluding carboxylic acids is 1. The minimum Gasteiger partial charge on any atom is -0.497 e. The summed E-state index contributed by atoms with van der Waals surface area (Å²) in [7, 11) is 3.17. The van der Waals surface area contributed by atoms with E-state index in [1.54, 1.807) is 32.4 Å². The van der Waals surface area contributed by atoms with E-state index < -0.39 is 0 Å². The Balaban J connectivity index is 1.62. The maximum atomic E-state index is 13.3. The fraction of sp³-hybridized carbons (Fsp3) is 0.519. The predicted molar refractivity (Wildman–Crippen MR) is 135 cm³/mol. The number of rotatable bonds is 14. The van der Waals surface area contributed by atoms with Crippen molar-refractivity contribution in [3.63, 3.8) is 0 Å². The Bertz CT molecular complexity index is 899. The Kier molecular flexibility index (Phi) is 11.0. The largest absolute Gasteiger partial charge is 0.497 e. The van der Waals surface area contributed by atoms with Crippen molar-refractivity contribution in [3.05, 3.63) is 48.0 Å². The summed E-state index contributed by atoms with van der Waals surface area (Å²) in [6.45, 7) is 4.92. The van der Waals surface area contributed by atoms with E-state index in [2.05, 4.69) is 12.2 Å². The van der Waals surface area contributed by atoms with E-state index >= 15 is 0 Å². The predicted octanol–water partition coefficient (Wildman–Crippen LogP) is 5.46. The average molecular weight is 487 g/mol. The van der Waals surface area contributed by atoms with Crippen LogP contribution in [0.5, 0.6) is 17.2 Å². The number of carbonyl (C=O) groups is 1. The number of methoxy groups -OCH3 is 2. The number of urea groups is 1. The van der Waals surface area contributed by atoms with Crippen molar-refractivity contribution in [2.75, 3.05) is 45.9 Å². The van der Waals surface area contributed by atoms with E-state index in [4.69, 9.17) is 23.7 Å². The topological polar surface area (TPSA) is 78.5 Å². The van der Waals surface area contributed by atoms with Crippen molar-refractivity contribution in [1.29, 1.82) is 0 Å². The zero-order valence-electron chi connectivity index (χ0n) is 21.1. The molecule has 2 aromatic rings. The van der Waals surface area contributed by atoms with Crippen LogP contribution in [0.3, 0.4) is 0 Å². The molecule has 35 heavy (non-hydrogen) atoms. The van der Waals surface area contributed by atoms with E-state index in [1.807, 2.05) is 29.2 Å². The SMILES string of the molecule is CCCCCCCN(Cc1ccc(OCC2OCCO2)cc1)C(=O)Nc1ccc(OC)cc1OC. The first-order chi connectivity index (χ1) is 17.1. The van der Waals surface area contributed by atoms with Crippen LogP contribution in [-0.4, -0.2) is 57.8 Å². The summed E-state index contributed by atoms with van der Waals surface area (Å²) in [5.74, 6) is 1.96. The van der Waals surface area contributed by atoms with Crippen LogP contribution in [0.25, 0.3) is 0 Å². The summed E-state index contributed by atoms with van der Waals surface area (Å²) in [5.41, 5.74) is 1.63. The molecule has 0 bridgehead atoms. The number of unbranched alkanes of at least 4 members (excludes halogenated alkanes) is 4. The number of nitrogens with one attached hydrogen (secondary N) is 1. The van der Waals surface area contributed by atoms with Gasteiger partial charge >= 0.3 is 6.03 Å². The minimum absolute atomic E-state index is 0.167. The first-order valence-corrected chi connectivity index (χ1v) is 12.4. The molecule has 2 aromatic carbocycles. The Labute approximate surface area is 208 Å². The molecule has 8 nitrogen and oxygen atoms in total. The Hall–Kier alpha value is -2.97. The second kappa shape index (κ2) is 14.4. The first-order valence-electron chi connectivity index (χ1n) is 12.4. The quantitative estimate of drug-likeness (QED) is 0.357. The van der Waals surface area contributed by atoms with Crippen LogP contribution in [0.2, 0.25) is 0 Å². The summed E-state index contributed by atoms with van der Waals surface area (Å²) in [5, 5.41) is 3.00. The zero-order chi connectivity index (χ0) is 24.9. The lowest BCUT2D eigenvalue weighted by atomic mass is 10.1. The van der Waals surface area contributed by atoms with E-state index in [9.17, 15) is 4.79 Å². The van der Waals surface area contributed by atoms with Gasteiger partial charge in [0, 0.05) is 19.2 Å². The molecule has 0 spiro atoms. The van der Waals surface area contributed by atoms with Gasteiger partial charge in [0.15, 0.2) is 6.29 Å². The van der Waals surface area contributed by atoms with Crippen LogP contribution in [-0.2, 0) is 16.0 Å². The number of anilines is 1. The maximum Gasteiger partial charge on any atom is 0.322 e. The van der Waals surface area contributed by atoms with Crippen LogP contribution < -0.4 is 19.5 Å². The molecule has 1 N–H and O–H groups in total. The molecule has 3 rings (SSSR count). The van der Waals surface area contributed by atoms with E-state index in [0.29, 0.717) is 50.1 Å². The van der Waals surface area contributed by atoms with E-state index in [1.165, 1.54) is 19.3 Å². The highest BCUT2D eigenvalue weighted by atomic mass is 16.7. The average Bonchev–Trinajstić information content (AvgIpc) is 3.41. The number of nitrogens with zero attached hydrogens (tertiary/aromatic N) is 1. The van der Waals surface area contributed by atoms with Crippen LogP contribution in [0.4, 0.5) is 10.5 Å². The second-order valence-electron chi connectivity index (χ2n) is 8.46. The Morgan fingerprint density at radius 2 is 1.69 bits per heavy atom. The zero-order valence-corrected chi connectivity index (χ0v) is 21.1. The smallest absolute Gasteiger partial charge is 0.322 e. The molecule has 192 valence electrons. The molecule has 0 atom stereocenters. The summed E-state index contributed by atoms with van der Waals surface area (Å²) in [6.07, 6.45) is 5.33. The molecule has 1 saturated heterocycles. The van der Waals surface area contributed by atoms with Crippen molar-refractivity contribution < 1.29 is 28.5 Å². The van der Waals surface area contributed by atoms with Crippen LogP contribution >= 0.6 is 0 Å². The lowest BCUT2D eigenvalue weighted by molar-refractivity contribution is -0.0684. The van der Waals surface area contributed by atoms with Gasteiger partial charge in [0.2, 0.25) is 0 Å². The molecule has 8 heteroatoms. The third kappa shape index (κ3) is 8.64. The van der Waals surface area contributed by atoms with Gasteiger partial charge in [-0.15, -0.1) is 0 Å². The summed E-state index contributed by atoms with van der Waals surface area (Å²) < 4.78 is 27.3. The van der Waals surface area contributed by atoms with Gasteiger partial charge < -0.3 is 33.9 Å². The monoisotopic (exact) mass is 486 g/mol. The summed E-state index contributed by atoms with van der Waals surface area (Å²) in [6, 6.07) is 13.0. The van der Waals surface area contributed by atoms with Gasteiger partial charge in [-0.3, -0.25) is 0 Å². The maximum absolute atomic E-state index is 13.3. The number of benzene rings is 2. The lowest BCUT2D eigenvalue weighted by Crippen LogP contribution is -2.35. The standard InChI is InChI=1S/C27H38N2O6/c1-4-5-6-7-8-15-29(27(30)28-24-14-13-23(31-2)18-25(24)32-3)19-21-9-11-22(12-10-21)35-20-26-33-16-17-34-26/h9-14,18,26H,4-8,15-17,19-20H2,1-3H3,(H,28,30). The third-order valence-electron chi connectivity index (χ3n) is 5.84. The van der Waals surface area contributed by atoms with Crippen LogP contribution in [0.15, 0.2) is 42.5 Å². The van der Waals surface area contributed by atoms with Gasteiger partial charge in [0.05, 0.1) is 33.1 Å². The van der Waals surface area contributed by atoms with Crippen LogP contribution in [0.1, 0.15) is 44.6 Å². The lowest BCUT2D eigenvalue weighted by Gasteiger charge is -2.24. The van der Waals surface area contributed by atoms with Gasteiger partial charge in [0.1, 0.15) is 23.9 Å². The van der Waals surface area contributed by atoms with Gasteiger partial charge in [-0.1, -0.05) is 44.7 Å². The fourth-order valence-electron chi connectivity index (χ4n) is 3.83. The number of hydrogen-bond acceptors (Lipinski definition) is 6. The molecule has 1 fully saturated rings. The molecule has 0 radical (unpaired) electrons. The Morgan fingerprint density at radius 1 is 0.971 bits per heavy atom. The molecule has 0 saturated carbocycles.